The summed E-state index contributed by atoms with van der Waals surface area (Å²) in [6.45, 7) is 4.11. The highest BCUT2D eigenvalue weighted by atomic mass is 32.2. The third-order valence-electron chi connectivity index (χ3n) is 4.76. The van der Waals surface area contributed by atoms with Gasteiger partial charge in [-0.2, -0.15) is 0 Å². The number of rotatable bonds is 6. The fourth-order valence-corrected chi connectivity index (χ4v) is 4.70. The fourth-order valence-electron chi connectivity index (χ4n) is 3.15. The average Bonchev–Trinajstić information content (AvgIpc) is 3.55. The molecule has 0 aliphatic rings. The molecule has 0 aliphatic carbocycles. The molecular formula is C23H19N5OS2. The molecule has 31 heavy (non-hydrogen) atoms. The van der Waals surface area contributed by atoms with Crippen molar-refractivity contribution in [2.24, 2.45) is 0 Å². The number of hydrogen-bond acceptors (Lipinski definition) is 7. The van der Waals surface area contributed by atoms with E-state index in [1.807, 2.05) is 54.8 Å². The zero-order valence-corrected chi connectivity index (χ0v) is 18.6. The van der Waals surface area contributed by atoms with E-state index >= 15 is 0 Å². The number of aryl methyl sites for hydroxylation is 1. The SMILES string of the molecule is Cc1ccc(-n2c(SC(C)c3nnc(-c4cccs4)o3)nnc2-c2ccccc2)cc1. The summed E-state index contributed by atoms with van der Waals surface area (Å²) < 4.78 is 8.00. The van der Waals surface area contributed by atoms with Crippen LogP contribution in [0.25, 0.3) is 27.8 Å². The molecule has 0 N–H and O–H groups in total. The Morgan fingerprint density at radius 1 is 0.903 bits per heavy atom. The standard InChI is InChI=1S/C23H19N5OS2/c1-15-10-12-18(13-11-15)28-20(17-7-4-3-5-8-17)24-27-23(28)31-16(2)21-25-26-22(29-21)19-9-6-14-30-19/h3-14,16H,1-2H3. The number of thioether (sulfide) groups is 1. The van der Waals surface area contributed by atoms with Gasteiger partial charge in [0.1, 0.15) is 0 Å². The zero-order chi connectivity index (χ0) is 21.2. The number of nitrogens with zero attached hydrogens (tertiary/aromatic N) is 5. The third-order valence-corrected chi connectivity index (χ3v) is 6.65. The molecule has 0 radical (unpaired) electrons. The van der Waals surface area contributed by atoms with Crippen molar-refractivity contribution in [2.75, 3.05) is 0 Å². The van der Waals surface area contributed by atoms with Gasteiger partial charge in [0.15, 0.2) is 11.0 Å². The first-order valence-electron chi connectivity index (χ1n) is 9.81. The van der Waals surface area contributed by atoms with Crippen molar-refractivity contribution >= 4 is 23.1 Å². The second kappa shape index (κ2) is 8.49. The molecule has 2 aromatic carbocycles. The van der Waals surface area contributed by atoms with Gasteiger partial charge in [-0.15, -0.1) is 31.7 Å². The maximum Gasteiger partial charge on any atom is 0.257 e. The maximum absolute atomic E-state index is 5.92. The minimum Gasteiger partial charge on any atom is -0.419 e. The van der Waals surface area contributed by atoms with E-state index in [0.29, 0.717) is 11.8 Å². The minimum absolute atomic E-state index is 0.0850. The van der Waals surface area contributed by atoms with Gasteiger partial charge < -0.3 is 4.42 Å². The van der Waals surface area contributed by atoms with Crippen LogP contribution >= 0.6 is 23.1 Å². The molecule has 0 aliphatic heterocycles. The molecule has 1 atom stereocenters. The maximum atomic E-state index is 5.92. The molecule has 0 amide bonds. The summed E-state index contributed by atoms with van der Waals surface area (Å²) in [6, 6.07) is 22.4. The van der Waals surface area contributed by atoms with Gasteiger partial charge in [-0.3, -0.25) is 4.57 Å². The van der Waals surface area contributed by atoms with Gasteiger partial charge >= 0.3 is 0 Å². The van der Waals surface area contributed by atoms with Crippen LogP contribution in [-0.2, 0) is 0 Å². The molecule has 3 heterocycles. The number of benzene rings is 2. The molecule has 0 bridgehead atoms. The predicted octanol–water partition coefficient (Wildman–Crippen LogP) is 6.21. The topological polar surface area (TPSA) is 69.6 Å². The molecule has 8 heteroatoms. The van der Waals surface area contributed by atoms with Crippen molar-refractivity contribution < 1.29 is 4.42 Å². The highest BCUT2D eigenvalue weighted by molar-refractivity contribution is 7.99. The molecule has 0 saturated carbocycles. The first kappa shape index (κ1) is 19.7. The van der Waals surface area contributed by atoms with E-state index in [1.54, 1.807) is 23.1 Å². The van der Waals surface area contributed by atoms with E-state index in [2.05, 4.69) is 56.2 Å². The summed E-state index contributed by atoms with van der Waals surface area (Å²) in [7, 11) is 0. The van der Waals surface area contributed by atoms with Crippen molar-refractivity contribution in [3.05, 3.63) is 83.6 Å². The Morgan fingerprint density at radius 3 is 2.45 bits per heavy atom. The first-order valence-corrected chi connectivity index (χ1v) is 11.6. The zero-order valence-electron chi connectivity index (χ0n) is 17.0. The Bertz CT molecular complexity index is 1280. The van der Waals surface area contributed by atoms with Crippen molar-refractivity contribution in [1.82, 2.24) is 25.0 Å². The highest BCUT2D eigenvalue weighted by Crippen LogP contribution is 2.37. The van der Waals surface area contributed by atoms with Crippen LogP contribution in [-0.4, -0.2) is 25.0 Å². The van der Waals surface area contributed by atoms with Gasteiger partial charge in [0.2, 0.25) is 5.89 Å². The fraction of sp³-hybridized carbons (Fsp3) is 0.130. The number of hydrogen-bond donors (Lipinski definition) is 0. The summed E-state index contributed by atoms with van der Waals surface area (Å²) in [6.07, 6.45) is 0. The van der Waals surface area contributed by atoms with Crippen molar-refractivity contribution in [1.29, 1.82) is 0 Å². The van der Waals surface area contributed by atoms with E-state index in [-0.39, 0.29) is 5.25 Å². The normalized spacial score (nSPS) is 12.2. The van der Waals surface area contributed by atoms with Gasteiger partial charge in [0.25, 0.3) is 5.89 Å². The Balaban J connectivity index is 1.50. The van der Waals surface area contributed by atoms with Gasteiger partial charge in [-0.1, -0.05) is 65.9 Å². The molecule has 5 aromatic rings. The molecule has 0 fully saturated rings. The second-order valence-corrected chi connectivity index (χ2v) is 9.28. The third kappa shape index (κ3) is 4.04. The van der Waals surface area contributed by atoms with Crippen LogP contribution in [0, 0.1) is 6.92 Å². The van der Waals surface area contributed by atoms with E-state index in [1.165, 1.54) is 5.56 Å². The van der Waals surface area contributed by atoms with Gasteiger partial charge in [-0.25, -0.2) is 0 Å². The van der Waals surface area contributed by atoms with E-state index < -0.39 is 0 Å². The molecule has 154 valence electrons. The Kier molecular flexibility index (Phi) is 5.40. The van der Waals surface area contributed by atoms with Crippen molar-refractivity contribution in [2.45, 2.75) is 24.3 Å². The molecule has 3 aromatic heterocycles. The lowest BCUT2D eigenvalue weighted by atomic mass is 10.2. The Morgan fingerprint density at radius 2 is 1.71 bits per heavy atom. The lowest BCUT2D eigenvalue weighted by molar-refractivity contribution is 0.510. The molecular weight excluding hydrogens is 426 g/mol. The Hall–Kier alpha value is -3.23. The van der Waals surface area contributed by atoms with Crippen LogP contribution in [0.1, 0.15) is 23.6 Å². The monoisotopic (exact) mass is 445 g/mol. The summed E-state index contributed by atoms with van der Waals surface area (Å²) >= 11 is 3.12. The molecule has 0 spiro atoms. The van der Waals surface area contributed by atoms with Crippen LogP contribution in [0.2, 0.25) is 0 Å². The van der Waals surface area contributed by atoms with Crippen LogP contribution in [0.3, 0.4) is 0 Å². The highest BCUT2D eigenvalue weighted by Gasteiger charge is 2.22. The number of aromatic nitrogens is 5. The largest absolute Gasteiger partial charge is 0.419 e. The van der Waals surface area contributed by atoms with Gasteiger partial charge in [0, 0.05) is 11.3 Å². The van der Waals surface area contributed by atoms with E-state index in [0.717, 1.165) is 27.1 Å². The second-order valence-electron chi connectivity index (χ2n) is 7.03. The quantitative estimate of drug-likeness (QED) is 0.290. The van der Waals surface area contributed by atoms with Crippen LogP contribution in [0.5, 0.6) is 0 Å². The molecule has 0 saturated heterocycles. The van der Waals surface area contributed by atoms with E-state index in [9.17, 15) is 0 Å². The van der Waals surface area contributed by atoms with Crippen LogP contribution in [0.15, 0.2) is 81.7 Å². The summed E-state index contributed by atoms with van der Waals surface area (Å²) in [4.78, 5) is 0.963. The van der Waals surface area contributed by atoms with Gasteiger partial charge in [0.05, 0.1) is 10.1 Å². The van der Waals surface area contributed by atoms with Crippen LogP contribution in [0.4, 0.5) is 0 Å². The molecule has 5 rings (SSSR count). The lowest BCUT2D eigenvalue weighted by Crippen LogP contribution is -2.01. The van der Waals surface area contributed by atoms with Crippen LogP contribution < -0.4 is 0 Å². The average molecular weight is 446 g/mol. The van der Waals surface area contributed by atoms with Crippen molar-refractivity contribution in [3.8, 4) is 27.8 Å². The molecule has 6 nitrogen and oxygen atoms in total. The summed E-state index contributed by atoms with van der Waals surface area (Å²) in [5.41, 5.74) is 3.22. The van der Waals surface area contributed by atoms with Crippen molar-refractivity contribution in [3.63, 3.8) is 0 Å². The van der Waals surface area contributed by atoms with E-state index in [4.69, 9.17) is 4.42 Å². The molecule has 1 unspecified atom stereocenters. The minimum atomic E-state index is -0.0850. The summed E-state index contributed by atoms with van der Waals surface area (Å²) in [5.74, 6) is 1.90. The Labute approximate surface area is 188 Å². The lowest BCUT2D eigenvalue weighted by Gasteiger charge is -2.12. The first-order chi connectivity index (χ1) is 15.2. The predicted molar refractivity (Wildman–Crippen MR) is 123 cm³/mol. The smallest absolute Gasteiger partial charge is 0.257 e. The van der Waals surface area contributed by atoms with Gasteiger partial charge in [-0.05, 0) is 37.4 Å². The number of thiophene rings is 1. The summed E-state index contributed by atoms with van der Waals surface area (Å²) in [5, 5.41) is 20.1.